The summed E-state index contributed by atoms with van der Waals surface area (Å²) >= 11 is 0. The number of carbonyl (C=O) groups is 1. The number of hydrogen-bond donors (Lipinski definition) is 0. The Hall–Kier alpha value is -0.660. The van der Waals surface area contributed by atoms with Gasteiger partial charge >= 0.3 is 0 Å². The zero-order valence-corrected chi connectivity index (χ0v) is 8.77. The van der Waals surface area contributed by atoms with E-state index in [2.05, 4.69) is 25.8 Å². The first kappa shape index (κ1) is 11.3. The topological polar surface area (TPSA) is 29.4 Å². The third-order valence-electron chi connectivity index (χ3n) is 1.44. The maximum absolute atomic E-state index is 11.1. The van der Waals surface area contributed by atoms with Gasteiger partial charge in [-0.2, -0.15) is 0 Å². The highest BCUT2D eigenvalue weighted by molar-refractivity contribution is 5.92. The van der Waals surface area contributed by atoms with Crippen molar-refractivity contribution in [1.82, 2.24) is 0 Å². The average Bonchev–Trinajstić information content (AvgIpc) is 1.80. The van der Waals surface area contributed by atoms with Gasteiger partial charge in [0.15, 0.2) is 0 Å². The third-order valence-corrected chi connectivity index (χ3v) is 1.44. The second-order valence-electron chi connectivity index (χ2n) is 4.51. The van der Waals surface area contributed by atoms with E-state index in [1.807, 2.05) is 13.8 Å². The Morgan fingerprint density at radius 3 is 2.08 bits per heavy atom. The minimum Gasteiger partial charge on any atom is -0.273 e. The lowest BCUT2D eigenvalue weighted by Gasteiger charge is -2.16. The molecule has 0 aliphatic heterocycles. The molecule has 0 aromatic carbocycles. The summed E-state index contributed by atoms with van der Waals surface area (Å²) in [6.45, 7) is 10.1. The summed E-state index contributed by atoms with van der Waals surface area (Å²) in [5.74, 6) is 0.00456. The fraction of sp³-hybridized carbons (Fsp3) is 0.800. The standard InChI is InChI=1S/C10H19NO/c1-8(2)11-9(12)6-7-10(3,4)5/h6-7H2,1-5H3. The van der Waals surface area contributed by atoms with Crippen LogP contribution >= 0.6 is 0 Å². The zero-order valence-electron chi connectivity index (χ0n) is 8.77. The van der Waals surface area contributed by atoms with Crippen LogP contribution in [0.3, 0.4) is 0 Å². The smallest absolute Gasteiger partial charge is 0.245 e. The Morgan fingerprint density at radius 2 is 1.75 bits per heavy atom. The van der Waals surface area contributed by atoms with Crippen LogP contribution < -0.4 is 0 Å². The number of nitrogens with zero attached hydrogens (tertiary/aromatic N) is 1. The molecule has 0 N–H and O–H groups in total. The van der Waals surface area contributed by atoms with Crippen LogP contribution in [0.25, 0.3) is 0 Å². The molecule has 0 heterocycles. The van der Waals surface area contributed by atoms with Crippen LogP contribution in [0.2, 0.25) is 0 Å². The normalized spacial score (nSPS) is 11.1. The molecule has 2 nitrogen and oxygen atoms in total. The van der Waals surface area contributed by atoms with Crippen molar-refractivity contribution in [2.24, 2.45) is 10.4 Å². The van der Waals surface area contributed by atoms with E-state index in [0.29, 0.717) is 6.42 Å². The van der Waals surface area contributed by atoms with Crippen LogP contribution in [0.15, 0.2) is 4.99 Å². The van der Waals surface area contributed by atoms with Crippen LogP contribution in [-0.2, 0) is 4.79 Å². The molecule has 70 valence electrons. The van der Waals surface area contributed by atoms with E-state index < -0.39 is 0 Å². The molecule has 1 amide bonds. The predicted molar refractivity (Wildman–Crippen MR) is 52.5 cm³/mol. The molecule has 0 fully saturated rings. The van der Waals surface area contributed by atoms with Crippen molar-refractivity contribution in [1.29, 1.82) is 0 Å². The van der Waals surface area contributed by atoms with Gasteiger partial charge in [0.2, 0.25) is 5.91 Å². The molecule has 0 aromatic rings. The molecule has 0 rings (SSSR count). The van der Waals surface area contributed by atoms with Gasteiger partial charge in [-0.25, -0.2) is 4.99 Å². The fourth-order valence-electron chi connectivity index (χ4n) is 0.787. The van der Waals surface area contributed by atoms with Crippen molar-refractivity contribution >= 4 is 11.6 Å². The van der Waals surface area contributed by atoms with Crippen LogP contribution in [0.4, 0.5) is 0 Å². The number of carbonyl (C=O) groups excluding carboxylic acids is 1. The molecule has 0 saturated carbocycles. The van der Waals surface area contributed by atoms with E-state index in [1.165, 1.54) is 0 Å². The summed E-state index contributed by atoms with van der Waals surface area (Å²) in [4.78, 5) is 15.0. The Labute approximate surface area is 75.1 Å². The van der Waals surface area contributed by atoms with E-state index in [-0.39, 0.29) is 11.3 Å². The molecule has 0 spiro atoms. The fourth-order valence-corrected chi connectivity index (χ4v) is 0.787. The Morgan fingerprint density at radius 1 is 1.25 bits per heavy atom. The molecular formula is C10H19NO. The van der Waals surface area contributed by atoms with Crippen molar-refractivity contribution in [3.63, 3.8) is 0 Å². The average molecular weight is 169 g/mol. The summed E-state index contributed by atoms with van der Waals surface area (Å²) in [5.41, 5.74) is 1.07. The molecule has 2 heteroatoms. The molecular weight excluding hydrogens is 150 g/mol. The molecule has 0 radical (unpaired) electrons. The maximum atomic E-state index is 11.1. The second-order valence-corrected chi connectivity index (χ2v) is 4.51. The van der Waals surface area contributed by atoms with Crippen molar-refractivity contribution in [2.45, 2.75) is 47.5 Å². The van der Waals surface area contributed by atoms with E-state index >= 15 is 0 Å². The van der Waals surface area contributed by atoms with Crippen molar-refractivity contribution in [3.8, 4) is 0 Å². The van der Waals surface area contributed by atoms with Crippen LogP contribution in [-0.4, -0.2) is 11.6 Å². The number of hydrogen-bond acceptors (Lipinski definition) is 1. The predicted octanol–water partition coefficient (Wildman–Crippen LogP) is 2.82. The van der Waals surface area contributed by atoms with Crippen molar-refractivity contribution in [2.75, 3.05) is 0 Å². The largest absolute Gasteiger partial charge is 0.273 e. The molecule has 0 aliphatic rings. The van der Waals surface area contributed by atoms with Gasteiger partial charge in [0.05, 0.1) is 0 Å². The maximum Gasteiger partial charge on any atom is 0.245 e. The quantitative estimate of drug-likeness (QED) is 0.584. The second kappa shape index (κ2) is 4.39. The minimum atomic E-state index is 0.00456. The van der Waals surface area contributed by atoms with Gasteiger partial charge < -0.3 is 0 Å². The molecule has 12 heavy (non-hydrogen) atoms. The van der Waals surface area contributed by atoms with Gasteiger partial charge in [0, 0.05) is 12.1 Å². The summed E-state index contributed by atoms with van der Waals surface area (Å²) in [6.07, 6.45) is 1.47. The van der Waals surface area contributed by atoms with Gasteiger partial charge in [-0.1, -0.05) is 20.8 Å². The van der Waals surface area contributed by atoms with Gasteiger partial charge in [-0.15, -0.1) is 0 Å². The van der Waals surface area contributed by atoms with Gasteiger partial charge in [-0.05, 0) is 25.7 Å². The van der Waals surface area contributed by atoms with Crippen molar-refractivity contribution in [3.05, 3.63) is 0 Å². The molecule has 0 bridgehead atoms. The van der Waals surface area contributed by atoms with Gasteiger partial charge in [0.25, 0.3) is 0 Å². The third kappa shape index (κ3) is 7.45. The first-order valence-electron chi connectivity index (χ1n) is 4.36. The monoisotopic (exact) mass is 169 g/mol. The van der Waals surface area contributed by atoms with Crippen LogP contribution in [0.1, 0.15) is 47.5 Å². The molecule has 0 atom stereocenters. The van der Waals surface area contributed by atoms with Gasteiger partial charge in [0.1, 0.15) is 0 Å². The Bertz CT molecular complexity index is 183. The lowest BCUT2D eigenvalue weighted by molar-refractivity contribution is -0.118. The summed E-state index contributed by atoms with van der Waals surface area (Å²) < 4.78 is 0. The number of rotatable bonds is 2. The Kier molecular flexibility index (Phi) is 4.15. The van der Waals surface area contributed by atoms with E-state index in [9.17, 15) is 4.79 Å². The molecule has 0 aliphatic carbocycles. The number of aliphatic imine (C=N–C) groups is 1. The summed E-state index contributed by atoms with van der Waals surface area (Å²) in [7, 11) is 0. The SMILES string of the molecule is CC(C)=NC(=O)CCC(C)(C)C. The lowest BCUT2D eigenvalue weighted by Crippen LogP contribution is -2.08. The molecule has 0 aromatic heterocycles. The zero-order chi connectivity index (χ0) is 9.78. The minimum absolute atomic E-state index is 0.00456. The Balaban J connectivity index is 3.81. The van der Waals surface area contributed by atoms with E-state index in [1.54, 1.807) is 0 Å². The lowest BCUT2D eigenvalue weighted by atomic mass is 9.90. The molecule has 0 unspecified atom stereocenters. The van der Waals surface area contributed by atoms with E-state index in [0.717, 1.165) is 12.1 Å². The highest BCUT2D eigenvalue weighted by Crippen LogP contribution is 2.20. The first-order chi connectivity index (χ1) is 5.31. The highest BCUT2D eigenvalue weighted by atomic mass is 16.1. The first-order valence-corrected chi connectivity index (χ1v) is 4.36. The van der Waals surface area contributed by atoms with Crippen LogP contribution in [0.5, 0.6) is 0 Å². The van der Waals surface area contributed by atoms with E-state index in [4.69, 9.17) is 0 Å². The van der Waals surface area contributed by atoms with Crippen molar-refractivity contribution < 1.29 is 4.79 Å². The number of amides is 1. The summed E-state index contributed by atoms with van der Waals surface area (Å²) in [6, 6.07) is 0. The van der Waals surface area contributed by atoms with Gasteiger partial charge in [-0.3, -0.25) is 4.79 Å². The molecule has 0 saturated heterocycles. The summed E-state index contributed by atoms with van der Waals surface area (Å²) in [5, 5.41) is 0. The van der Waals surface area contributed by atoms with Crippen LogP contribution in [0, 0.1) is 5.41 Å². The highest BCUT2D eigenvalue weighted by Gasteiger charge is 2.11.